The van der Waals surface area contributed by atoms with E-state index in [-0.39, 0.29) is 24.2 Å². The number of hydrogen-bond donors (Lipinski definition) is 1. The Labute approximate surface area is 146 Å². The van der Waals surface area contributed by atoms with Gasteiger partial charge in [-0.25, -0.2) is 4.98 Å². The molecule has 1 aliphatic heterocycles. The molecule has 0 bridgehead atoms. The minimum Gasteiger partial charge on any atom is -0.497 e. The number of amides is 2. The quantitative estimate of drug-likeness (QED) is 0.773. The summed E-state index contributed by atoms with van der Waals surface area (Å²) in [7, 11) is 1.60. The van der Waals surface area contributed by atoms with Crippen LogP contribution in [0.1, 0.15) is 12.8 Å². The Balaban J connectivity index is 1.48. The normalized spacial score (nSPS) is 16.9. The highest BCUT2D eigenvalue weighted by molar-refractivity contribution is 6.00. The van der Waals surface area contributed by atoms with E-state index < -0.39 is 0 Å². The standard InChI is InChI=1S/C18H22N4O3/c1-25-16-5-3-15(4-6-16)22-12-14(11-17(22)23)18(24)20-7-2-9-21-10-8-19-13-21/h3-6,8,10,13-14H,2,7,9,11-12H2,1H3,(H,20,24)/t14-/m1/s1. The van der Waals surface area contributed by atoms with Crippen LogP contribution in [0.5, 0.6) is 5.75 Å². The predicted octanol–water partition coefficient (Wildman–Crippen LogP) is 1.45. The molecule has 1 fully saturated rings. The average Bonchev–Trinajstić information content (AvgIpc) is 3.28. The summed E-state index contributed by atoms with van der Waals surface area (Å²) in [6.07, 6.45) is 6.45. The molecular weight excluding hydrogens is 320 g/mol. The van der Waals surface area contributed by atoms with Crippen molar-refractivity contribution in [2.45, 2.75) is 19.4 Å². The first kappa shape index (κ1) is 17.0. The largest absolute Gasteiger partial charge is 0.497 e. The van der Waals surface area contributed by atoms with Crippen molar-refractivity contribution in [1.29, 1.82) is 0 Å². The molecule has 1 aliphatic rings. The molecule has 7 nitrogen and oxygen atoms in total. The molecule has 2 heterocycles. The number of rotatable bonds is 7. The van der Waals surface area contributed by atoms with Crippen molar-refractivity contribution in [3.8, 4) is 5.75 Å². The van der Waals surface area contributed by atoms with Gasteiger partial charge in [-0.05, 0) is 30.7 Å². The number of nitrogens with zero attached hydrogens (tertiary/aromatic N) is 3. The SMILES string of the molecule is COc1ccc(N2C[C@H](C(=O)NCCCn3ccnc3)CC2=O)cc1. The smallest absolute Gasteiger partial charge is 0.227 e. The fourth-order valence-electron chi connectivity index (χ4n) is 2.93. The fraction of sp³-hybridized carbons (Fsp3) is 0.389. The molecule has 132 valence electrons. The van der Waals surface area contributed by atoms with Crippen LogP contribution in [0.4, 0.5) is 5.69 Å². The fourth-order valence-corrected chi connectivity index (χ4v) is 2.93. The summed E-state index contributed by atoms with van der Waals surface area (Å²) in [5.74, 6) is 0.351. The zero-order valence-electron chi connectivity index (χ0n) is 14.2. The summed E-state index contributed by atoms with van der Waals surface area (Å²) in [6.45, 7) is 1.81. The maximum atomic E-state index is 12.3. The van der Waals surface area contributed by atoms with E-state index >= 15 is 0 Å². The summed E-state index contributed by atoms with van der Waals surface area (Å²) < 4.78 is 7.10. The lowest BCUT2D eigenvalue weighted by molar-refractivity contribution is -0.126. The number of aromatic nitrogens is 2. The van der Waals surface area contributed by atoms with Gasteiger partial charge in [0, 0.05) is 44.1 Å². The molecule has 3 rings (SSSR count). The highest BCUT2D eigenvalue weighted by atomic mass is 16.5. The van der Waals surface area contributed by atoms with Crippen LogP contribution < -0.4 is 15.0 Å². The Hall–Kier alpha value is -2.83. The Morgan fingerprint density at radius 1 is 1.36 bits per heavy atom. The van der Waals surface area contributed by atoms with Crippen LogP contribution in [0.15, 0.2) is 43.0 Å². The number of aryl methyl sites for hydroxylation is 1. The Kier molecular flexibility index (Phi) is 5.33. The second kappa shape index (κ2) is 7.83. The molecule has 0 spiro atoms. The maximum absolute atomic E-state index is 12.3. The minimum atomic E-state index is -0.303. The first-order chi connectivity index (χ1) is 12.2. The number of ether oxygens (including phenoxy) is 1. The molecule has 2 aromatic rings. The van der Waals surface area contributed by atoms with Crippen molar-refractivity contribution < 1.29 is 14.3 Å². The van der Waals surface area contributed by atoms with Gasteiger partial charge in [0.1, 0.15) is 5.75 Å². The van der Waals surface area contributed by atoms with E-state index in [1.165, 1.54) is 0 Å². The molecule has 1 N–H and O–H groups in total. The number of benzene rings is 1. The van der Waals surface area contributed by atoms with Crippen molar-refractivity contribution in [1.82, 2.24) is 14.9 Å². The lowest BCUT2D eigenvalue weighted by Crippen LogP contribution is -2.33. The monoisotopic (exact) mass is 342 g/mol. The van der Waals surface area contributed by atoms with Crippen molar-refractivity contribution >= 4 is 17.5 Å². The lowest BCUT2D eigenvalue weighted by Gasteiger charge is -2.17. The van der Waals surface area contributed by atoms with Gasteiger partial charge in [0.05, 0.1) is 19.4 Å². The van der Waals surface area contributed by atoms with E-state index in [1.54, 1.807) is 24.5 Å². The Morgan fingerprint density at radius 3 is 2.84 bits per heavy atom. The number of imidazole rings is 1. The van der Waals surface area contributed by atoms with Gasteiger partial charge in [-0.1, -0.05) is 0 Å². The summed E-state index contributed by atoms with van der Waals surface area (Å²) in [5.41, 5.74) is 0.793. The van der Waals surface area contributed by atoms with Crippen LogP contribution in [0.3, 0.4) is 0 Å². The van der Waals surface area contributed by atoms with Crippen molar-refractivity contribution in [3.63, 3.8) is 0 Å². The first-order valence-corrected chi connectivity index (χ1v) is 8.35. The van der Waals surface area contributed by atoms with Gasteiger partial charge < -0.3 is 19.5 Å². The number of nitrogens with one attached hydrogen (secondary N) is 1. The summed E-state index contributed by atoms with van der Waals surface area (Å²) in [4.78, 5) is 30.2. The molecule has 0 saturated carbocycles. The van der Waals surface area contributed by atoms with E-state index in [2.05, 4.69) is 10.3 Å². The van der Waals surface area contributed by atoms with Gasteiger partial charge in [-0.15, -0.1) is 0 Å². The second-order valence-electron chi connectivity index (χ2n) is 6.05. The number of anilines is 1. The molecule has 1 aromatic carbocycles. The highest BCUT2D eigenvalue weighted by Gasteiger charge is 2.34. The third-order valence-corrected chi connectivity index (χ3v) is 4.33. The molecule has 0 aliphatic carbocycles. The number of carbonyl (C=O) groups is 2. The summed E-state index contributed by atoms with van der Waals surface area (Å²) in [5, 5.41) is 2.93. The molecule has 7 heteroatoms. The van der Waals surface area contributed by atoms with Gasteiger partial charge in [-0.3, -0.25) is 9.59 Å². The van der Waals surface area contributed by atoms with Gasteiger partial charge in [0.15, 0.2) is 0 Å². The molecule has 1 saturated heterocycles. The first-order valence-electron chi connectivity index (χ1n) is 8.35. The Morgan fingerprint density at radius 2 is 2.16 bits per heavy atom. The lowest BCUT2D eigenvalue weighted by atomic mass is 10.1. The van der Waals surface area contributed by atoms with Crippen molar-refractivity contribution in [2.75, 3.05) is 25.1 Å². The molecule has 2 amide bonds. The van der Waals surface area contributed by atoms with Crippen LogP contribution in [0, 0.1) is 5.92 Å². The van der Waals surface area contributed by atoms with Crippen LogP contribution in [0.25, 0.3) is 0 Å². The highest BCUT2D eigenvalue weighted by Crippen LogP contribution is 2.26. The van der Waals surface area contributed by atoms with Crippen molar-refractivity contribution in [2.24, 2.45) is 5.92 Å². The third kappa shape index (κ3) is 4.17. The summed E-state index contributed by atoms with van der Waals surface area (Å²) in [6, 6.07) is 7.29. The van der Waals surface area contributed by atoms with E-state index in [1.807, 2.05) is 35.0 Å². The maximum Gasteiger partial charge on any atom is 0.227 e. The number of carbonyl (C=O) groups excluding carboxylic acids is 2. The van der Waals surface area contributed by atoms with Crippen LogP contribution in [-0.2, 0) is 16.1 Å². The van der Waals surface area contributed by atoms with E-state index in [0.29, 0.717) is 13.1 Å². The van der Waals surface area contributed by atoms with E-state index in [9.17, 15) is 9.59 Å². The molecule has 0 unspecified atom stereocenters. The van der Waals surface area contributed by atoms with Gasteiger partial charge in [0.2, 0.25) is 11.8 Å². The zero-order valence-corrected chi connectivity index (χ0v) is 14.2. The average molecular weight is 342 g/mol. The predicted molar refractivity (Wildman–Crippen MR) is 93.3 cm³/mol. The minimum absolute atomic E-state index is 0.0243. The molecule has 25 heavy (non-hydrogen) atoms. The van der Waals surface area contributed by atoms with Gasteiger partial charge in [0.25, 0.3) is 0 Å². The summed E-state index contributed by atoms with van der Waals surface area (Å²) >= 11 is 0. The Bertz CT molecular complexity index is 712. The molecule has 0 radical (unpaired) electrons. The van der Waals surface area contributed by atoms with Crippen LogP contribution in [0.2, 0.25) is 0 Å². The van der Waals surface area contributed by atoms with Crippen LogP contribution >= 0.6 is 0 Å². The van der Waals surface area contributed by atoms with E-state index in [0.717, 1.165) is 24.4 Å². The van der Waals surface area contributed by atoms with Crippen LogP contribution in [-0.4, -0.2) is 41.6 Å². The van der Waals surface area contributed by atoms with Gasteiger partial charge >= 0.3 is 0 Å². The van der Waals surface area contributed by atoms with E-state index in [4.69, 9.17) is 4.74 Å². The zero-order chi connectivity index (χ0) is 17.6. The molecule has 1 atom stereocenters. The topological polar surface area (TPSA) is 76.5 Å². The number of hydrogen-bond acceptors (Lipinski definition) is 4. The third-order valence-electron chi connectivity index (χ3n) is 4.33. The molecule has 1 aromatic heterocycles. The number of methoxy groups -OCH3 is 1. The van der Waals surface area contributed by atoms with Crippen molar-refractivity contribution in [3.05, 3.63) is 43.0 Å². The second-order valence-corrected chi connectivity index (χ2v) is 6.05. The molecular formula is C18H22N4O3. The van der Waals surface area contributed by atoms with Gasteiger partial charge in [-0.2, -0.15) is 0 Å².